The van der Waals surface area contributed by atoms with Gasteiger partial charge in [-0.2, -0.15) is 0 Å². The number of hydrogen-bond acceptors (Lipinski definition) is 2. The normalized spacial score (nSPS) is 12.2. The molecule has 0 unspecified atom stereocenters. The number of pyridine rings is 2. The van der Waals surface area contributed by atoms with E-state index in [1.165, 1.54) is 21.5 Å². The maximum Gasteiger partial charge on any atom is 0.140 e. The van der Waals surface area contributed by atoms with Crippen LogP contribution < -0.4 is 0 Å². The Morgan fingerprint density at radius 1 is 0.373 bits per heavy atom. The number of aromatic nitrogens is 6. The fourth-order valence-electron chi connectivity index (χ4n) is 9.54. The standard InChI is InChI=1S/C53H36N6/c1-3-17-42-34(4-2)40-32-33-41-39-22-9-14-27-47(39)59(51-31-16-29-49(55-51)57-45-25-12-7-20-37(45)38-21-8-13-26-46(38)57)53(41)52(40)58(42)50-30-15-28-48(54-50)56-43-23-10-5-18-35(43)36-19-6-11-24-44(36)56/h3-33H,2H2,1H3/b17-3-. The van der Waals surface area contributed by atoms with E-state index < -0.39 is 0 Å². The van der Waals surface area contributed by atoms with Crippen LogP contribution in [0.3, 0.4) is 0 Å². The first kappa shape index (κ1) is 33.2. The fraction of sp³-hybridized carbons (Fsp3) is 0.0189. The number of rotatable bonds is 6. The molecule has 0 aliphatic rings. The lowest BCUT2D eigenvalue weighted by Gasteiger charge is -2.15. The zero-order valence-electron chi connectivity index (χ0n) is 32.3. The smallest absolute Gasteiger partial charge is 0.140 e. The Labute approximate surface area is 339 Å². The van der Waals surface area contributed by atoms with Crippen LogP contribution in [-0.2, 0) is 0 Å². The maximum absolute atomic E-state index is 5.52. The first-order valence-electron chi connectivity index (χ1n) is 20.0. The first-order chi connectivity index (χ1) is 29.2. The molecule has 6 aromatic heterocycles. The molecule has 0 bridgehead atoms. The molecule has 6 aromatic carbocycles. The van der Waals surface area contributed by atoms with Gasteiger partial charge in [-0.3, -0.25) is 18.3 Å². The molecule has 12 aromatic rings. The van der Waals surface area contributed by atoms with E-state index in [0.29, 0.717) is 0 Å². The second-order valence-corrected chi connectivity index (χ2v) is 15.0. The molecule has 6 heterocycles. The Morgan fingerprint density at radius 3 is 1.17 bits per heavy atom. The summed E-state index contributed by atoms with van der Waals surface area (Å²) in [5.41, 5.74) is 9.72. The van der Waals surface area contributed by atoms with Crippen molar-refractivity contribution in [2.24, 2.45) is 0 Å². The van der Waals surface area contributed by atoms with Gasteiger partial charge in [0.25, 0.3) is 0 Å². The second-order valence-electron chi connectivity index (χ2n) is 15.0. The van der Waals surface area contributed by atoms with Crippen LogP contribution in [0.5, 0.6) is 0 Å². The van der Waals surface area contributed by atoms with E-state index in [1.807, 2.05) is 6.08 Å². The summed E-state index contributed by atoms with van der Waals surface area (Å²) in [5.74, 6) is 3.35. The lowest BCUT2D eigenvalue weighted by Crippen LogP contribution is -2.06. The van der Waals surface area contributed by atoms with Crippen LogP contribution in [0.1, 0.15) is 18.2 Å². The Morgan fingerprint density at radius 2 is 0.729 bits per heavy atom. The minimum atomic E-state index is 0.812. The van der Waals surface area contributed by atoms with Gasteiger partial charge in [-0.15, -0.1) is 0 Å². The first-order valence-corrected chi connectivity index (χ1v) is 20.0. The van der Waals surface area contributed by atoms with Gasteiger partial charge in [0.15, 0.2) is 0 Å². The number of fused-ring (bicyclic) bond motifs is 11. The lowest BCUT2D eigenvalue weighted by molar-refractivity contribution is 0.981. The van der Waals surface area contributed by atoms with Crippen molar-refractivity contribution in [3.05, 3.63) is 194 Å². The van der Waals surface area contributed by atoms with Crippen molar-refractivity contribution >= 4 is 88.5 Å². The molecule has 59 heavy (non-hydrogen) atoms. The summed E-state index contributed by atoms with van der Waals surface area (Å²) in [4.78, 5) is 11.0. The van der Waals surface area contributed by atoms with Gasteiger partial charge in [0.2, 0.25) is 0 Å². The summed E-state index contributed by atoms with van der Waals surface area (Å²) in [6, 6.07) is 60.2. The minimum absolute atomic E-state index is 0.812. The minimum Gasteiger partial charge on any atom is -0.294 e. The van der Waals surface area contributed by atoms with Crippen molar-refractivity contribution < 1.29 is 0 Å². The van der Waals surface area contributed by atoms with Crippen molar-refractivity contribution in [3.63, 3.8) is 0 Å². The van der Waals surface area contributed by atoms with E-state index in [2.05, 4.69) is 214 Å². The van der Waals surface area contributed by atoms with Gasteiger partial charge in [-0.05, 0) is 67.6 Å². The van der Waals surface area contributed by atoms with Crippen LogP contribution >= 0.6 is 0 Å². The van der Waals surface area contributed by atoms with Crippen molar-refractivity contribution in [1.29, 1.82) is 0 Å². The van der Waals surface area contributed by atoms with Gasteiger partial charge in [-0.1, -0.05) is 134 Å². The van der Waals surface area contributed by atoms with Gasteiger partial charge >= 0.3 is 0 Å². The van der Waals surface area contributed by atoms with Crippen molar-refractivity contribution in [3.8, 4) is 23.3 Å². The zero-order valence-corrected chi connectivity index (χ0v) is 32.3. The molecule has 6 nitrogen and oxygen atoms in total. The average molecular weight is 757 g/mol. The molecule has 278 valence electrons. The molecule has 0 fully saturated rings. The summed E-state index contributed by atoms with van der Waals surface area (Å²) in [7, 11) is 0. The highest BCUT2D eigenvalue weighted by molar-refractivity contribution is 6.20. The number of nitrogens with zero attached hydrogens (tertiary/aromatic N) is 6. The van der Waals surface area contributed by atoms with Crippen LogP contribution in [0.15, 0.2) is 183 Å². The van der Waals surface area contributed by atoms with E-state index in [9.17, 15) is 0 Å². The van der Waals surface area contributed by atoms with Gasteiger partial charge in [0.1, 0.15) is 23.3 Å². The Kier molecular flexibility index (Phi) is 7.19. The molecule has 0 saturated heterocycles. The molecule has 0 saturated carbocycles. The van der Waals surface area contributed by atoms with Crippen molar-refractivity contribution in [1.82, 2.24) is 28.2 Å². The van der Waals surface area contributed by atoms with Gasteiger partial charge in [-0.25, -0.2) is 9.97 Å². The lowest BCUT2D eigenvalue weighted by atomic mass is 10.1. The van der Waals surface area contributed by atoms with Crippen LogP contribution in [0.2, 0.25) is 0 Å². The quantitative estimate of drug-likeness (QED) is 0.170. The molecule has 0 spiro atoms. The van der Waals surface area contributed by atoms with Gasteiger partial charge in [0.05, 0.1) is 44.3 Å². The SMILES string of the molecule is C=Cc1c(/C=C\C)n(-c2cccc(-n3c4ccccc4c4ccccc43)n2)c2c1ccc1c3ccccc3n(-c3cccc(-n4c5ccccc5c5ccccc54)n3)c12. The molecule has 12 rings (SSSR count). The zero-order chi connectivity index (χ0) is 39.2. The molecule has 0 aliphatic carbocycles. The number of allylic oxidation sites excluding steroid dienone is 1. The molecule has 6 heteroatoms. The highest BCUT2D eigenvalue weighted by Gasteiger charge is 2.24. The Bertz CT molecular complexity index is 3610. The average Bonchev–Trinajstić information content (AvgIpc) is 4.01. The van der Waals surface area contributed by atoms with Crippen LogP contribution in [-0.4, -0.2) is 28.2 Å². The molecular formula is C53H36N6. The van der Waals surface area contributed by atoms with Crippen LogP contribution in [0.4, 0.5) is 0 Å². The summed E-state index contributed by atoms with van der Waals surface area (Å²) < 4.78 is 9.22. The number of benzene rings is 6. The van der Waals surface area contributed by atoms with E-state index in [1.54, 1.807) is 0 Å². The van der Waals surface area contributed by atoms with E-state index >= 15 is 0 Å². The number of para-hydroxylation sites is 5. The molecule has 0 amide bonds. The highest BCUT2D eigenvalue weighted by Crippen LogP contribution is 2.42. The Balaban J connectivity index is 1.18. The molecular weight excluding hydrogens is 721 g/mol. The van der Waals surface area contributed by atoms with Crippen molar-refractivity contribution in [2.75, 3.05) is 0 Å². The third-order valence-corrected chi connectivity index (χ3v) is 11.9. The van der Waals surface area contributed by atoms with E-state index in [4.69, 9.17) is 9.97 Å². The topological polar surface area (TPSA) is 45.5 Å². The Hall–Kier alpha value is -7.96. The van der Waals surface area contributed by atoms with Gasteiger partial charge in [0, 0.05) is 43.3 Å². The third kappa shape index (κ3) is 4.68. The molecule has 0 aliphatic heterocycles. The summed E-state index contributed by atoms with van der Waals surface area (Å²) in [6.45, 7) is 6.42. The summed E-state index contributed by atoms with van der Waals surface area (Å²) in [5, 5.41) is 8.19. The summed E-state index contributed by atoms with van der Waals surface area (Å²) >= 11 is 0. The van der Waals surface area contributed by atoms with Crippen LogP contribution in [0.25, 0.3) is 112 Å². The highest BCUT2D eigenvalue weighted by atomic mass is 15.2. The third-order valence-electron chi connectivity index (χ3n) is 11.9. The second kappa shape index (κ2) is 12.8. The molecule has 0 radical (unpaired) electrons. The monoisotopic (exact) mass is 756 g/mol. The van der Waals surface area contributed by atoms with Gasteiger partial charge < -0.3 is 0 Å². The largest absolute Gasteiger partial charge is 0.294 e. The predicted molar refractivity (Wildman–Crippen MR) is 247 cm³/mol. The molecule has 0 atom stereocenters. The fourth-order valence-corrected chi connectivity index (χ4v) is 9.54. The number of hydrogen-bond donors (Lipinski definition) is 0. The predicted octanol–water partition coefficient (Wildman–Crippen LogP) is 13.4. The maximum atomic E-state index is 5.52. The van der Waals surface area contributed by atoms with E-state index in [-0.39, 0.29) is 0 Å². The molecule has 0 N–H and O–H groups in total. The van der Waals surface area contributed by atoms with Crippen LogP contribution in [0, 0.1) is 0 Å². The summed E-state index contributed by atoms with van der Waals surface area (Å²) in [6.07, 6.45) is 6.24. The van der Waals surface area contributed by atoms with E-state index in [0.717, 1.165) is 89.3 Å². The van der Waals surface area contributed by atoms with Crippen molar-refractivity contribution in [2.45, 2.75) is 6.92 Å².